The summed E-state index contributed by atoms with van der Waals surface area (Å²) in [6.45, 7) is 3.87. The number of alkyl halides is 3. The molecule has 210 valence electrons. The van der Waals surface area contributed by atoms with Crippen LogP contribution in [0, 0.1) is 0 Å². The minimum atomic E-state index is -4.65. The maximum atomic E-state index is 13.4. The highest BCUT2D eigenvalue weighted by molar-refractivity contribution is 6.35. The number of hydrogen-bond donors (Lipinski definition) is 4. The van der Waals surface area contributed by atoms with E-state index in [1.807, 2.05) is 4.90 Å². The van der Waals surface area contributed by atoms with Gasteiger partial charge in [-0.1, -0.05) is 11.6 Å². The Kier molecular flexibility index (Phi) is 9.86. The second-order valence-corrected chi connectivity index (χ2v) is 9.21. The molecule has 3 heterocycles. The molecule has 4 N–H and O–H groups in total. The van der Waals surface area contributed by atoms with Crippen LogP contribution in [0.5, 0.6) is 0 Å². The van der Waals surface area contributed by atoms with Crippen molar-refractivity contribution in [2.24, 2.45) is 0 Å². The van der Waals surface area contributed by atoms with E-state index in [9.17, 15) is 18.0 Å². The number of halogens is 4. The number of aliphatic hydroxyl groups is 1. The summed E-state index contributed by atoms with van der Waals surface area (Å²) >= 11 is 6.42. The summed E-state index contributed by atoms with van der Waals surface area (Å²) in [5.41, 5.74) is 1.26. The molecule has 1 fully saturated rings. The van der Waals surface area contributed by atoms with Gasteiger partial charge in [0.05, 0.1) is 42.0 Å². The summed E-state index contributed by atoms with van der Waals surface area (Å²) < 4.78 is 44.3. The van der Waals surface area contributed by atoms with Crippen LogP contribution >= 0.6 is 11.6 Å². The van der Waals surface area contributed by atoms with Crippen molar-refractivity contribution in [1.82, 2.24) is 30.5 Å². The van der Waals surface area contributed by atoms with E-state index in [0.29, 0.717) is 68.2 Å². The largest absolute Gasteiger partial charge is 0.451 e. The smallest absolute Gasteiger partial charge is 0.395 e. The Morgan fingerprint density at radius 1 is 1.10 bits per heavy atom. The molecule has 0 bridgehead atoms. The quantitative estimate of drug-likeness (QED) is 0.259. The van der Waals surface area contributed by atoms with Crippen LogP contribution < -0.4 is 16.0 Å². The monoisotopic (exact) mass is 567 g/mol. The highest BCUT2D eigenvalue weighted by atomic mass is 35.5. The van der Waals surface area contributed by atoms with Gasteiger partial charge in [-0.3, -0.25) is 9.69 Å². The summed E-state index contributed by atoms with van der Waals surface area (Å²) in [6.07, 6.45) is -2.36. The average molecular weight is 568 g/mol. The molecule has 1 atom stereocenters. The van der Waals surface area contributed by atoms with E-state index >= 15 is 0 Å². The zero-order valence-corrected chi connectivity index (χ0v) is 21.7. The molecule has 4 rings (SSSR count). The predicted octanol–water partition coefficient (Wildman–Crippen LogP) is 2.49. The summed E-state index contributed by atoms with van der Waals surface area (Å²) in [5.74, 6) is -1.04. The highest BCUT2D eigenvalue weighted by Gasteiger charge is 2.35. The van der Waals surface area contributed by atoms with Crippen molar-refractivity contribution >= 4 is 34.2 Å². The lowest BCUT2D eigenvalue weighted by Crippen LogP contribution is -2.44. The molecule has 1 amide bonds. The van der Waals surface area contributed by atoms with Gasteiger partial charge in [-0.05, 0) is 24.3 Å². The van der Waals surface area contributed by atoms with Crippen LogP contribution in [0.1, 0.15) is 27.8 Å². The molecule has 2 aromatic heterocycles. The molecule has 0 saturated carbocycles. The number of rotatable bonds is 11. The molecule has 39 heavy (non-hydrogen) atoms. The Hall–Kier alpha value is -3.10. The van der Waals surface area contributed by atoms with Crippen molar-refractivity contribution in [1.29, 1.82) is 0 Å². The maximum absolute atomic E-state index is 13.4. The molecule has 1 unspecified atom stereocenters. The number of aliphatic hydroxyl groups excluding tert-OH is 1. The first kappa shape index (κ1) is 28.9. The molecule has 1 aromatic carbocycles. The van der Waals surface area contributed by atoms with Crippen molar-refractivity contribution in [2.45, 2.75) is 12.2 Å². The van der Waals surface area contributed by atoms with Crippen LogP contribution in [0.2, 0.25) is 5.02 Å². The van der Waals surface area contributed by atoms with Gasteiger partial charge in [-0.2, -0.15) is 13.2 Å². The molecular formula is C25H29ClF3N7O3. The van der Waals surface area contributed by atoms with Gasteiger partial charge in [-0.15, -0.1) is 0 Å². The minimum absolute atomic E-state index is 0.0606. The van der Waals surface area contributed by atoms with E-state index in [1.54, 1.807) is 24.3 Å². The van der Waals surface area contributed by atoms with Gasteiger partial charge in [0, 0.05) is 62.6 Å². The van der Waals surface area contributed by atoms with Gasteiger partial charge >= 0.3 is 6.18 Å². The lowest BCUT2D eigenvalue weighted by molar-refractivity contribution is -0.145. The Labute approximate surface area is 227 Å². The van der Waals surface area contributed by atoms with Gasteiger partial charge < -0.3 is 25.8 Å². The number of ether oxygens (including phenoxy) is 1. The number of carbonyl (C=O) groups excluding carboxylic acids is 1. The van der Waals surface area contributed by atoms with Crippen LogP contribution in [0.25, 0.3) is 10.9 Å². The van der Waals surface area contributed by atoms with Crippen LogP contribution in [0.3, 0.4) is 0 Å². The molecule has 0 aliphatic carbocycles. The van der Waals surface area contributed by atoms with E-state index in [1.165, 1.54) is 0 Å². The van der Waals surface area contributed by atoms with Crippen LogP contribution in [-0.4, -0.2) is 90.0 Å². The number of anilines is 1. The van der Waals surface area contributed by atoms with Gasteiger partial charge in [0.25, 0.3) is 5.91 Å². The van der Waals surface area contributed by atoms with Gasteiger partial charge in [0.2, 0.25) is 5.82 Å². The predicted molar refractivity (Wildman–Crippen MR) is 140 cm³/mol. The number of nitrogens with zero attached hydrogens (tertiary/aromatic N) is 4. The Morgan fingerprint density at radius 2 is 1.85 bits per heavy atom. The van der Waals surface area contributed by atoms with E-state index < -0.39 is 23.9 Å². The first-order valence-corrected chi connectivity index (χ1v) is 12.8. The normalized spacial score (nSPS) is 15.3. The number of carbonyl (C=O) groups is 1. The Morgan fingerprint density at radius 3 is 2.54 bits per heavy atom. The molecule has 3 aromatic rings. The number of pyridine rings is 1. The molecular weight excluding hydrogens is 539 g/mol. The average Bonchev–Trinajstić information content (AvgIpc) is 2.93. The second-order valence-electron chi connectivity index (χ2n) is 8.80. The zero-order chi connectivity index (χ0) is 27.8. The Balaban J connectivity index is 1.50. The lowest BCUT2D eigenvalue weighted by atomic mass is 10.1. The van der Waals surface area contributed by atoms with Gasteiger partial charge in [0.15, 0.2) is 0 Å². The summed E-state index contributed by atoms with van der Waals surface area (Å²) in [7, 11) is 0. The van der Waals surface area contributed by atoms with E-state index in [0.717, 1.165) is 12.4 Å². The van der Waals surface area contributed by atoms with Crippen molar-refractivity contribution in [3.05, 3.63) is 58.6 Å². The number of hydrogen-bond acceptors (Lipinski definition) is 9. The van der Waals surface area contributed by atoms with Crippen LogP contribution in [-0.2, 0) is 10.9 Å². The third kappa shape index (κ3) is 7.51. The summed E-state index contributed by atoms with van der Waals surface area (Å²) in [4.78, 5) is 26.9. The summed E-state index contributed by atoms with van der Waals surface area (Å²) in [5, 5.41) is 18.8. The standard InChI is InChI=1S/C25H29ClF3N7O3/c26-18-2-3-19-17(1-4-21(35-19)31-6-5-30-7-10-37)22(18)23(38)32-15-20(36-8-11-39-12-9-36)16-13-33-24(34-14-16)25(27,28)29/h1-4,13-14,20,30,37H,5-12,15H2,(H,31,35)(H,32,38). The fourth-order valence-corrected chi connectivity index (χ4v) is 4.52. The summed E-state index contributed by atoms with van der Waals surface area (Å²) in [6, 6.07) is 6.36. The first-order chi connectivity index (χ1) is 18.8. The van der Waals surface area contributed by atoms with Gasteiger partial charge in [-0.25, -0.2) is 15.0 Å². The van der Waals surface area contributed by atoms with Gasteiger partial charge in [0.1, 0.15) is 5.82 Å². The Bertz CT molecular complexity index is 1260. The van der Waals surface area contributed by atoms with E-state index in [2.05, 4.69) is 30.9 Å². The molecule has 10 nitrogen and oxygen atoms in total. The number of amides is 1. The minimum Gasteiger partial charge on any atom is -0.395 e. The molecule has 1 saturated heterocycles. The number of fused-ring (bicyclic) bond motifs is 1. The highest BCUT2D eigenvalue weighted by Crippen LogP contribution is 2.29. The fourth-order valence-electron chi connectivity index (χ4n) is 4.27. The van der Waals surface area contributed by atoms with E-state index in [-0.39, 0.29) is 23.7 Å². The number of morpholine rings is 1. The van der Waals surface area contributed by atoms with Crippen LogP contribution in [0.4, 0.5) is 19.0 Å². The zero-order valence-electron chi connectivity index (χ0n) is 21.0. The maximum Gasteiger partial charge on any atom is 0.451 e. The van der Waals surface area contributed by atoms with Crippen molar-refractivity contribution in [2.75, 3.05) is 64.4 Å². The molecule has 1 aliphatic rings. The van der Waals surface area contributed by atoms with Crippen molar-refractivity contribution in [3.8, 4) is 0 Å². The van der Waals surface area contributed by atoms with Crippen LogP contribution in [0.15, 0.2) is 36.7 Å². The van der Waals surface area contributed by atoms with E-state index in [4.69, 9.17) is 21.4 Å². The number of benzene rings is 1. The molecule has 0 radical (unpaired) electrons. The van der Waals surface area contributed by atoms with Crippen molar-refractivity contribution < 1.29 is 27.8 Å². The molecule has 0 spiro atoms. The molecule has 14 heteroatoms. The molecule has 1 aliphatic heterocycles. The number of nitrogens with one attached hydrogen (secondary N) is 3. The fraction of sp³-hybridized carbons (Fsp3) is 0.440. The van der Waals surface area contributed by atoms with Crippen molar-refractivity contribution in [3.63, 3.8) is 0 Å². The second kappa shape index (κ2) is 13.3. The first-order valence-electron chi connectivity index (χ1n) is 12.4. The topological polar surface area (TPSA) is 125 Å². The third-order valence-electron chi connectivity index (χ3n) is 6.20. The SMILES string of the molecule is O=C(NCC(c1cnc(C(F)(F)F)nc1)N1CCOCC1)c1c(Cl)ccc2nc(NCCNCCO)ccc12. The third-order valence-corrected chi connectivity index (χ3v) is 6.51. The lowest BCUT2D eigenvalue weighted by Gasteiger charge is -2.34. The number of aromatic nitrogens is 3.